The van der Waals surface area contributed by atoms with Crippen molar-refractivity contribution in [1.29, 1.82) is 0 Å². The fourth-order valence-electron chi connectivity index (χ4n) is 3.04. The van der Waals surface area contributed by atoms with Crippen molar-refractivity contribution in [2.24, 2.45) is 0 Å². The number of carbonyl (C=O) groups excluding carboxylic acids is 1. The van der Waals surface area contributed by atoms with Crippen LogP contribution in [0.5, 0.6) is 0 Å². The van der Waals surface area contributed by atoms with Gasteiger partial charge in [0, 0.05) is 17.7 Å². The summed E-state index contributed by atoms with van der Waals surface area (Å²) < 4.78 is 95.5. The van der Waals surface area contributed by atoms with Gasteiger partial charge in [-0.05, 0) is 12.1 Å². The van der Waals surface area contributed by atoms with Crippen molar-refractivity contribution in [2.45, 2.75) is 30.0 Å². The van der Waals surface area contributed by atoms with Crippen LogP contribution in [0.15, 0.2) is 60.7 Å². The van der Waals surface area contributed by atoms with E-state index < -0.39 is 46.0 Å². The molecule has 1 fully saturated rings. The molecule has 2 aromatic carbocycles. The monoisotopic (exact) mass is 477 g/mol. The van der Waals surface area contributed by atoms with Crippen LogP contribution in [-0.4, -0.2) is 45.3 Å². The summed E-state index contributed by atoms with van der Waals surface area (Å²) in [6.45, 7) is 0.0144. The Bertz CT molecular complexity index is 1010. The standard InChI is InChI=1S/C20H19F4NO6S/c21-17(22)16(13-19(29-11-12-30-19)14-7-3-1-4-8-14)31-32(27,28)20(23,24)18(26)25-15-9-5-2-6-10-15/h1-10,16-17H,11-13H2,(H,25,26). The molecule has 0 aromatic heterocycles. The number of rotatable bonds is 9. The number of amides is 1. The molecule has 1 atom stereocenters. The molecule has 1 aliphatic heterocycles. The number of ether oxygens (including phenoxy) is 2. The average molecular weight is 477 g/mol. The van der Waals surface area contributed by atoms with Crippen molar-refractivity contribution in [3.63, 3.8) is 0 Å². The Morgan fingerprint density at radius 1 is 1.03 bits per heavy atom. The summed E-state index contributed by atoms with van der Waals surface area (Å²) in [6, 6.07) is 14.6. The van der Waals surface area contributed by atoms with Crippen LogP contribution >= 0.6 is 0 Å². The average Bonchev–Trinajstić information content (AvgIpc) is 3.24. The van der Waals surface area contributed by atoms with Crippen LogP contribution in [0.25, 0.3) is 0 Å². The van der Waals surface area contributed by atoms with E-state index in [1.165, 1.54) is 42.5 Å². The lowest BCUT2D eigenvalue weighted by molar-refractivity contribution is -0.193. The minimum Gasteiger partial charge on any atom is -0.343 e. The normalized spacial score (nSPS) is 17.3. The Labute approximate surface area is 181 Å². The highest BCUT2D eigenvalue weighted by molar-refractivity contribution is 7.88. The Kier molecular flexibility index (Phi) is 7.18. The maximum absolute atomic E-state index is 14.4. The molecule has 0 radical (unpaired) electrons. The third-order valence-electron chi connectivity index (χ3n) is 4.58. The fraction of sp³-hybridized carbons (Fsp3) is 0.350. The van der Waals surface area contributed by atoms with Crippen LogP contribution in [0.1, 0.15) is 12.0 Å². The zero-order chi connectivity index (χ0) is 23.4. The quantitative estimate of drug-likeness (QED) is 0.439. The number of hydrogen-bond acceptors (Lipinski definition) is 6. The smallest absolute Gasteiger partial charge is 0.343 e. The van der Waals surface area contributed by atoms with Crippen molar-refractivity contribution >= 4 is 21.7 Å². The van der Waals surface area contributed by atoms with Gasteiger partial charge < -0.3 is 14.8 Å². The summed E-state index contributed by atoms with van der Waals surface area (Å²) in [7, 11) is -6.11. The van der Waals surface area contributed by atoms with Crippen molar-refractivity contribution in [2.75, 3.05) is 18.5 Å². The van der Waals surface area contributed by atoms with Gasteiger partial charge in [-0.2, -0.15) is 17.2 Å². The number of alkyl halides is 4. The van der Waals surface area contributed by atoms with Gasteiger partial charge in [-0.25, -0.2) is 8.78 Å². The summed E-state index contributed by atoms with van der Waals surface area (Å²) in [5, 5.41) is -3.43. The topological polar surface area (TPSA) is 90.9 Å². The summed E-state index contributed by atoms with van der Waals surface area (Å²) in [6.07, 6.45) is -7.00. The first kappa shape index (κ1) is 24.1. The van der Waals surface area contributed by atoms with Crippen molar-refractivity contribution < 1.29 is 44.4 Å². The summed E-state index contributed by atoms with van der Waals surface area (Å²) in [4.78, 5) is 11.9. The van der Waals surface area contributed by atoms with E-state index >= 15 is 0 Å². The first-order valence-corrected chi connectivity index (χ1v) is 10.8. The Balaban J connectivity index is 1.81. The molecule has 0 aliphatic carbocycles. The van der Waals surface area contributed by atoms with E-state index in [4.69, 9.17) is 9.47 Å². The Morgan fingerprint density at radius 2 is 1.56 bits per heavy atom. The molecule has 0 saturated carbocycles. The second kappa shape index (κ2) is 9.53. The zero-order valence-electron chi connectivity index (χ0n) is 16.4. The van der Waals surface area contributed by atoms with Gasteiger partial charge in [0.1, 0.15) is 6.10 Å². The van der Waals surface area contributed by atoms with Gasteiger partial charge in [-0.3, -0.25) is 8.98 Å². The predicted octanol–water partition coefficient (Wildman–Crippen LogP) is 3.49. The summed E-state index contributed by atoms with van der Waals surface area (Å²) in [5.74, 6) is -4.07. The van der Waals surface area contributed by atoms with Crippen molar-refractivity contribution in [1.82, 2.24) is 0 Å². The minimum atomic E-state index is -6.11. The number of nitrogens with one attached hydrogen (secondary N) is 1. The molecule has 1 amide bonds. The molecule has 7 nitrogen and oxygen atoms in total. The van der Waals surface area contributed by atoms with Gasteiger partial charge in [-0.15, -0.1) is 0 Å². The Morgan fingerprint density at radius 3 is 2.09 bits per heavy atom. The van der Waals surface area contributed by atoms with Crippen LogP contribution in [0, 0.1) is 0 Å². The van der Waals surface area contributed by atoms with Crippen LogP contribution < -0.4 is 5.32 Å². The fourth-order valence-corrected chi connectivity index (χ4v) is 3.92. The number of benzene rings is 2. The number of para-hydroxylation sites is 1. The van der Waals surface area contributed by atoms with Crippen LogP contribution in [0.3, 0.4) is 0 Å². The van der Waals surface area contributed by atoms with Crippen molar-refractivity contribution in [3.8, 4) is 0 Å². The molecule has 1 N–H and O–H groups in total. The Hall–Kier alpha value is -2.54. The minimum absolute atomic E-state index is 0.00719. The summed E-state index contributed by atoms with van der Waals surface area (Å²) in [5.41, 5.74) is 0.159. The molecule has 3 rings (SSSR count). The molecule has 12 heteroatoms. The molecule has 0 spiro atoms. The third-order valence-corrected chi connectivity index (χ3v) is 5.89. The van der Waals surface area contributed by atoms with E-state index in [0.29, 0.717) is 0 Å². The van der Waals surface area contributed by atoms with E-state index in [0.717, 1.165) is 0 Å². The molecule has 0 bridgehead atoms. The SMILES string of the molecule is O=C(Nc1ccccc1)C(F)(F)S(=O)(=O)OC(CC1(c2ccccc2)OCCO1)C(F)F. The largest absolute Gasteiger partial charge is 0.447 e. The molecular formula is C20H19F4NO6S. The maximum atomic E-state index is 14.4. The lowest BCUT2D eigenvalue weighted by Crippen LogP contribution is -2.46. The highest BCUT2D eigenvalue weighted by Gasteiger charge is 2.56. The first-order valence-electron chi connectivity index (χ1n) is 9.36. The van der Waals surface area contributed by atoms with Crippen LogP contribution in [-0.2, 0) is 34.4 Å². The van der Waals surface area contributed by atoms with Crippen molar-refractivity contribution in [3.05, 3.63) is 66.2 Å². The van der Waals surface area contributed by atoms with E-state index in [9.17, 15) is 30.8 Å². The van der Waals surface area contributed by atoms with Gasteiger partial charge in [0.25, 0.3) is 6.43 Å². The lowest BCUT2D eigenvalue weighted by atomic mass is 9.99. The van der Waals surface area contributed by atoms with Crippen LogP contribution in [0.4, 0.5) is 23.2 Å². The van der Waals surface area contributed by atoms with E-state index in [1.807, 2.05) is 0 Å². The molecule has 1 aliphatic rings. The second-order valence-electron chi connectivity index (χ2n) is 6.78. The number of halogens is 4. The predicted molar refractivity (Wildman–Crippen MR) is 104 cm³/mol. The number of hydrogen-bond donors (Lipinski definition) is 1. The highest BCUT2D eigenvalue weighted by atomic mass is 32.2. The first-order chi connectivity index (χ1) is 15.1. The number of carbonyl (C=O) groups is 1. The molecule has 1 unspecified atom stereocenters. The third kappa shape index (κ3) is 5.09. The molecule has 2 aromatic rings. The maximum Gasteiger partial charge on any atom is 0.447 e. The summed E-state index contributed by atoms with van der Waals surface area (Å²) >= 11 is 0. The second-order valence-corrected chi connectivity index (χ2v) is 8.39. The molecule has 1 saturated heterocycles. The highest BCUT2D eigenvalue weighted by Crippen LogP contribution is 2.39. The van der Waals surface area contributed by atoms with E-state index in [-0.39, 0.29) is 24.5 Å². The van der Waals surface area contributed by atoms with Gasteiger partial charge in [-0.1, -0.05) is 48.5 Å². The van der Waals surface area contributed by atoms with Gasteiger partial charge >= 0.3 is 21.3 Å². The molecule has 174 valence electrons. The van der Waals surface area contributed by atoms with E-state index in [1.54, 1.807) is 23.5 Å². The molecule has 1 heterocycles. The van der Waals surface area contributed by atoms with Gasteiger partial charge in [0.15, 0.2) is 5.79 Å². The van der Waals surface area contributed by atoms with Gasteiger partial charge in [0.2, 0.25) is 0 Å². The number of anilines is 1. The molecule has 32 heavy (non-hydrogen) atoms. The van der Waals surface area contributed by atoms with Gasteiger partial charge in [0.05, 0.1) is 13.2 Å². The van der Waals surface area contributed by atoms with E-state index in [2.05, 4.69) is 4.18 Å². The van der Waals surface area contributed by atoms with Crippen LogP contribution in [0.2, 0.25) is 0 Å². The lowest BCUT2D eigenvalue weighted by Gasteiger charge is -2.31. The molecular weight excluding hydrogens is 458 g/mol. The zero-order valence-corrected chi connectivity index (χ0v) is 17.2.